The smallest absolute Gasteiger partial charge is 0.113 e. The molecule has 0 aliphatic carbocycles. The molecule has 0 saturated heterocycles. The van der Waals surface area contributed by atoms with Gasteiger partial charge in [-0.1, -0.05) is 30.3 Å². The molecule has 1 heterocycles. The second-order valence-corrected chi connectivity index (χ2v) is 4.04. The Morgan fingerprint density at radius 2 is 1.79 bits per heavy atom. The number of hydrogen-bond acceptors (Lipinski definition) is 2. The summed E-state index contributed by atoms with van der Waals surface area (Å²) in [6, 6.07) is 14.4. The Labute approximate surface area is 88.1 Å². The molecule has 0 aliphatic heterocycles. The summed E-state index contributed by atoms with van der Waals surface area (Å²) in [4.78, 5) is 0. The van der Waals surface area contributed by atoms with E-state index in [1.165, 1.54) is 5.56 Å². The van der Waals surface area contributed by atoms with Crippen molar-refractivity contribution in [3.63, 3.8) is 0 Å². The molecule has 0 amide bonds. The fourth-order valence-electron chi connectivity index (χ4n) is 1.24. The molecule has 0 aliphatic rings. The molecular weight excluding hydrogens is 192 g/mol. The molecule has 1 aromatic heterocycles. The van der Waals surface area contributed by atoms with Crippen molar-refractivity contribution in [3.05, 3.63) is 60.1 Å². The molecule has 1 nitrogen and oxygen atoms in total. The van der Waals surface area contributed by atoms with Gasteiger partial charge in [0.1, 0.15) is 5.76 Å². The van der Waals surface area contributed by atoms with Crippen LogP contribution in [0.2, 0.25) is 0 Å². The van der Waals surface area contributed by atoms with E-state index >= 15 is 0 Å². The van der Waals surface area contributed by atoms with E-state index in [1.807, 2.05) is 30.0 Å². The van der Waals surface area contributed by atoms with Gasteiger partial charge in [-0.05, 0) is 17.7 Å². The van der Waals surface area contributed by atoms with Crippen LogP contribution in [0.4, 0.5) is 0 Å². The van der Waals surface area contributed by atoms with E-state index in [0.717, 1.165) is 17.3 Å². The maximum atomic E-state index is 5.25. The van der Waals surface area contributed by atoms with Crippen LogP contribution in [-0.4, -0.2) is 0 Å². The van der Waals surface area contributed by atoms with Crippen molar-refractivity contribution >= 4 is 11.8 Å². The predicted molar refractivity (Wildman–Crippen MR) is 60.1 cm³/mol. The first-order valence-corrected chi connectivity index (χ1v) is 5.75. The van der Waals surface area contributed by atoms with Crippen molar-refractivity contribution in [3.8, 4) is 0 Å². The van der Waals surface area contributed by atoms with Crippen LogP contribution in [0.25, 0.3) is 0 Å². The molecule has 0 saturated carbocycles. The molecule has 2 aromatic rings. The molecule has 2 rings (SSSR count). The lowest BCUT2D eigenvalue weighted by atomic mass is 10.2. The summed E-state index contributed by atoms with van der Waals surface area (Å²) in [7, 11) is 0. The Hall–Kier alpha value is -1.15. The Morgan fingerprint density at radius 1 is 0.929 bits per heavy atom. The highest BCUT2D eigenvalue weighted by atomic mass is 32.2. The number of benzene rings is 1. The second-order valence-electron chi connectivity index (χ2n) is 3.06. The molecule has 72 valence electrons. The van der Waals surface area contributed by atoms with Crippen molar-refractivity contribution in [2.45, 2.75) is 11.5 Å². The summed E-state index contributed by atoms with van der Waals surface area (Å²) in [5.74, 6) is 3.04. The summed E-state index contributed by atoms with van der Waals surface area (Å²) in [6.45, 7) is 0. The van der Waals surface area contributed by atoms with Gasteiger partial charge in [-0.15, -0.1) is 11.8 Å². The maximum absolute atomic E-state index is 5.25. The Bertz CT molecular complexity index is 353. The van der Waals surface area contributed by atoms with Gasteiger partial charge in [0.05, 0.1) is 12.0 Å². The van der Waals surface area contributed by atoms with Crippen LogP contribution in [0.1, 0.15) is 11.3 Å². The third-order valence-corrected chi connectivity index (χ3v) is 2.96. The van der Waals surface area contributed by atoms with Crippen LogP contribution < -0.4 is 0 Å². The largest absolute Gasteiger partial charge is 0.468 e. The van der Waals surface area contributed by atoms with Gasteiger partial charge in [0, 0.05) is 5.75 Å². The first kappa shape index (κ1) is 9.41. The lowest BCUT2D eigenvalue weighted by Crippen LogP contribution is -1.80. The maximum Gasteiger partial charge on any atom is 0.113 e. The highest BCUT2D eigenvalue weighted by Crippen LogP contribution is 2.17. The summed E-state index contributed by atoms with van der Waals surface area (Å²) in [5.41, 5.74) is 1.36. The van der Waals surface area contributed by atoms with Crippen molar-refractivity contribution in [1.82, 2.24) is 0 Å². The van der Waals surface area contributed by atoms with Gasteiger partial charge in [0.25, 0.3) is 0 Å². The van der Waals surface area contributed by atoms with Gasteiger partial charge in [-0.2, -0.15) is 0 Å². The molecule has 0 N–H and O–H groups in total. The third kappa shape index (κ3) is 2.67. The number of rotatable bonds is 4. The second kappa shape index (κ2) is 4.91. The van der Waals surface area contributed by atoms with Crippen molar-refractivity contribution < 1.29 is 4.42 Å². The molecule has 0 radical (unpaired) electrons. The summed E-state index contributed by atoms with van der Waals surface area (Å²) in [6.07, 6.45) is 1.72. The van der Waals surface area contributed by atoms with Gasteiger partial charge in [-0.25, -0.2) is 0 Å². The quantitative estimate of drug-likeness (QED) is 0.753. The zero-order chi connectivity index (χ0) is 9.64. The van der Waals surface area contributed by atoms with Crippen LogP contribution in [0.15, 0.2) is 53.1 Å². The molecule has 0 fully saturated rings. The number of thioether (sulfide) groups is 1. The van der Waals surface area contributed by atoms with Crippen LogP contribution in [0.5, 0.6) is 0 Å². The summed E-state index contributed by atoms with van der Waals surface area (Å²) in [5, 5.41) is 0. The first-order valence-electron chi connectivity index (χ1n) is 4.59. The fraction of sp³-hybridized carbons (Fsp3) is 0.167. The van der Waals surface area contributed by atoms with E-state index < -0.39 is 0 Å². The molecule has 0 unspecified atom stereocenters. The zero-order valence-electron chi connectivity index (χ0n) is 7.85. The van der Waals surface area contributed by atoms with Crippen molar-refractivity contribution in [1.29, 1.82) is 0 Å². The minimum atomic E-state index is 0.946. The van der Waals surface area contributed by atoms with E-state index in [9.17, 15) is 0 Å². The van der Waals surface area contributed by atoms with Gasteiger partial charge in [0.2, 0.25) is 0 Å². The van der Waals surface area contributed by atoms with Crippen LogP contribution in [-0.2, 0) is 11.5 Å². The number of hydrogen-bond donors (Lipinski definition) is 0. The van der Waals surface area contributed by atoms with Gasteiger partial charge >= 0.3 is 0 Å². The average molecular weight is 204 g/mol. The molecule has 14 heavy (non-hydrogen) atoms. The fourth-order valence-corrected chi connectivity index (χ4v) is 2.13. The van der Waals surface area contributed by atoms with E-state index in [1.54, 1.807) is 6.26 Å². The SMILES string of the molecule is c1ccc(CSCc2ccco2)cc1. The zero-order valence-corrected chi connectivity index (χ0v) is 8.67. The Balaban J connectivity index is 1.79. The highest BCUT2D eigenvalue weighted by Gasteiger charge is 1.96. The topological polar surface area (TPSA) is 13.1 Å². The normalized spacial score (nSPS) is 10.3. The van der Waals surface area contributed by atoms with Gasteiger partial charge in [-0.3, -0.25) is 0 Å². The van der Waals surface area contributed by atoms with Crippen LogP contribution >= 0.6 is 11.8 Å². The highest BCUT2D eigenvalue weighted by molar-refractivity contribution is 7.97. The molecule has 2 heteroatoms. The monoisotopic (exact) mass is 204 g/mol. The molecule has 0 bridgehead atoms. The number of furan rings is 1. The minimum absolute atomic E-state index is 0.946. The first-order chi connectivity index (χ1) is 6.95. The van der Waals surface area contributed by atoms with Gasteiger partial charge in [0.15, 0.2) is 0 Å². The van der Waals surface area contributed by atoms with Crippen LogP contribution in [0.3, 0.4) is 0 Å². The van der Waals surface area contributed by atoms with Crippen LogP contribution in [0, 0.1) is 0 Å². The predicted octanol–water partition coefficient (Wildman–Crippen LogP) is 3.71. The standard InChI is InChI=1S/C12H12OS/c1-2-5-11(6-3-1)9-14-10-12-7-4-8-13-12/h1-8H,9-10H2. The summed E-state index contributed by atoms with van der Waals surface area (Å²) < 4.78 is 5.25. The van der Waals surface area contributed by atoms with E-state index in [-0.39, 0.29) is 0 Å². The third-order valence-electron chi connectivity index (χ3n) is 1.94. The van der Waals surface area contributed by atoms with Gasteiger partial charge < -0.3 is 4.42 Å². The molecule has 1 aromatic carbocycles. The van der Waals surface area contributed by atoms with E-state index in [0.29, 0.717) is 0 Å². The summed E-state index contributed by atoms with van der Waals surface area (Å²) >= 11 is 1.87. The lowest BCUT2D eigenvalue weighted by molar-refractivity contribution is 0.530. The Morgan fingerprint density at radius 3 is 2.50 bits per heavy atom. The lowest BCUT2D eigenvalue weighted by Gasteiger charge is -1.99. The average Bonchev–Trinajstić information content (AvgIpc) is 2.72. The van der Waals surface area contributed by atoms with E-state index in [2.05, 4.69) is 24.3 Å². The van der Waals surface area contributed by atoms with Crippen molar-refractivity contribution in [2.24, 2.45) is 0 Å². The molecule has 0 spiro atoms. The van der Waals surface area contributed by atoms with E-state index in [4.69, 9.17) is 4.42 Å². The molecule has 0 atom stereocenters. The molecular formula is C12H12OS. The Kier molecular flexibility index (Phi) is 3.30. The van der Waals surface area contributed by atoms with Crippen molar-refractivity contribution in [2.75, 3.05) is 0 Å². The minimum Gasteiger partial charge on any atom is -0.468 e.